The predicted molar refractivity (Wildman–Crippen MR) is 112 cm³/mol. The number of benzene rings is 1. The predicted octanol–water partition coefficient (Wildman–Crippen LogP) is 3.97. The molecule has 28 heavy (non-hydrogen) atoms. The molecular weight excluding hydrogens is 420 g/mol. The van der Waals surface area contributed by atoms with Crippen LogP contribution in [0.5, 0.6) is 5.75 Å². The van der Waals surface area contributed by atoms with Crippen LogP contribution in [0.15, 0.2) is 34.8 Å². The number of carbonyl (C=O) groups is 1. The number of amides is 1. The van der Waals surface area contributed by atoms with Crippen molar-refractivity contribution in [3.8, 4) is 5.75 Å². The zero-order chi connectivity index (χ0) is 19.9. The van der Waals surface area contributed by atoms with Crippen molar-refractivity contribution in [2.75, 3.05) is 23.5 Å². The third-order valence-electron chi connectivity index (χ3n) is 3.46. The fraction of sp³-hybridized carbons (Fsp3) is 0.235. The topological polar surface area (TPSA) is 102 Å². The number of rotatable bonds is 8. The van der Waals surface area contributed by atoms with E-state index < -0.39 is 5.91 Å². The van der Waals surface area contributed by atoms with Crippen molar-refractivity contribution in [3.05, 3.63) is 46.7 Å². The first-order chi connectivity index (χ1) is 13.6. The molecule has 0 atom stereocenters. The summed E-state index contributed by atoms with van der Waals surface area (Å²) in [5, 5.41) is 14.2. The van der Waals surface area contributed by atoms with Gasteiger partial charge in [-0.25, -0.2) is 9.97 Å². The van der Waals surface area contributed by atoms with Gasteiger partial charge in [-0.3, -0.25) is 10.1 Å². The van der Waals surface area contributed by atoms with Crippen LogP contribution in [0.25, 0.3) is 0 Å². The van der Waals surface area contributed by atoms with E-state index in [0.29, 0.717) is 17.6 Å². The average molecular weight is 437 g/mol. The van der Waals surface area contributed by atoms with Crippen LogP contribution in [0.3, 0.4) is 0 Å². The quantitative estimate of drug-likeness (QED) is 0.404. The van der Waals surface area contributed by atoms with E-state index in [2.05, 4.69) is 30.8 Å². The Balaban J connectivity index is 1.66. The lowest BCUT2D eigenvalue weighted by atomic mass is 10.2. The summed E-state index contributed by atoms with van der Waals surface area (Å²) in [7, 11) is 1.62. The molecule has 3 rings (SSSR count). The third kappa shape index (κ3) is 5.31. The summed E-state index contributed by atoms with van der Waals surface area (Å²) >= 11 is 8.95. The number of hydrogen-bond donors (Lipinski definition) is 2. The molecule has 0 fully saturated rings. The molecule has 8 nitrogen and oxygen atoms in total. The Hall–Kier alpha value is -2.43. The molecule has 3 aromatic rings. The van der Waals surface area contributed by atoms with E-state index >= 15 is 0 Å². The molecule has 0 saturated carbocycles. The van der Waals surface area contributed by atoms with E-state index in [-0.39, 0.29) is 10.7 Å². The van der Waals surface area contributed by atoms with Crippen molar-refractivity contribution in [3.63, 3.8) is 0 Å². The van der Waals surface area contributed by atoms with Crippen molar-refractivity contribution in [2.24, 2.45) is 0 Å². The van der Waals surface area contributed by atoms with Gasteiger partial charge in [0.25, 0.3) is 5.91 Å². The molecule has 2 aromatic heterocycles. The van der Waals surface area contributed by atoms with Gasteiger partial charge in [-0.1, -0.05) is 53.8 Å². The first kappa shape index (κ1) is 20.3. The second-order valence-corrected chi connectivity index (χ2v) is 8.25. The molecule has 1 amide bonds. The Morgan fingerprint density at radius 1 is 1.29 bits per heavy atom. The summed E-state index contributed by atoms with van der Waals surface area (Å²) in [4.78, 5) is 20.8. The molecule has 2 N–H and O–H groups in total. The van der Waals surface area contributed by atoms with Crippen LogP contribution in [0, 0.1) is 0 Å². The number of hydrogen-bond acceptors (Lipinski definition) is 9. The molecule has 1 aromatic carbocycles. The smallest absolute Gasteiger partial charge is 0.277 e. The van der Waals surface area contributed by atoms with Gasteiger partial charge < -0.3 is 10.1 Å². The Labute approximate surface area is 175 Å². The summed E-state index contributed by atoms with van der Waals surface area (Å²) < 4.78 is 5.92. The van der Waals surface area contributed by atoms with Crippen molar-refractivity contribution in [1.82, 2.24) is 20.2 Å². The number of anilines is 2. The Bertz CT molecular complexity index is 951. The largest absolute Gasteiger partial charge is 0.497 e. The van der Waals surface area contributed by atoms with Gasteiger partial charge in [0.05, 0.1) is 18.3 Å². The van der Waals surface area contributed by atoms with Crippen molar-refractivity contribution < 1.29 is 9.53 Å². The molecule has 0 aliphatic heterocycles. The molecule has 0 aliphatic carbocycles. The third-order valence-corrected chi connectivity index (χ3v) is 5.59. The molecule has 0 bridgehead atoms. The van der Waals surface area contributed by atoms with Crippen LogP contribution in [0.1, 0.15) is 23.0 Å². The molecule has 0 aliphatic rings. The second-order valence-electron chi connectivity index (χ2n) is 5.35. The fourth-order valence-electron chi connectivity index (χ4n) is 2.13. The van der Waals surface area contributed by atoms with Gasteiger partial charge in [0.15, 0.2) is 10.0 Å². The first-order valence-electron chi connectivity index (χ1n) is 8.26. The number of thioether (sulfide) groups is 1. The van der Waals surface area contributed by atoms with Crippen molar-refractivity contribution >= 4 is 51.7 Å². The number of carbonyl (C=O) groups excluding carboxylic acids is 1. The highest BCUT2D eigenvalue weighted by molar-refractivity contribution is 8.01. The Morgan fingerprint density at radius 2 is 2.07 bits per heavy atom. The van der Waals surface area contributed by atoms with Gasteiger partial charge in [-0.2, -0.15) is 0 Å². The number of nitrogens with zero attached hydrogens (tertiary/aromatic N) is 4. The SMILES string of the molecule is CCSc1nnc(NC(=O)c2nc(NCc3ccc(OC)cc3)ncc2Cl)s1. The highest BCUT2D eigenvalue weighted by Crippen LogP contribution is 2.26. The Morgan fingerprint density at radius 3 is 2.79 bits per heavy atom. The zero-order valence-corrected chi connectivity index (χ0v) is 17.5. The van der Waals surface area contributed by atoms with Crippen LogP contribution in [0.4, 0.5) is 11.1 Å². The van der Waals surface area contributed by atoms with E-state index in [1.165, 1.54) is 17.5 Å². The summed E-state index contributed by atoms with van der Waals surface area (Å²) in [5.41, 5.74) is 1.08. The summed E-state index contributed by atoms with van der Waals surface area (Å²) in [6.07, 6.45) is 1.39. The zero-order valence-electron chi connectivity index (χ0n) is 15.1. The molecule has 0 radical (unpaired) electrons. The van der Waals surface area contributed by atoms with E-state index in [9.17, 15) is 4.79 Å². The molecule has 0 unspecified atom stereocenters. The van der Waals surface area contributed by atoms with E-state index in [0.717, 1.165) is 21.4 Å². The molecule has 11 heteroatoms. The van der Waals surface area contributed by atoms with Gasteiger partial charge in [0.2, 0.25) is 11.1 Å². The number of methoxy groups -OCH3 is 1. The Kier molecular flexibility index (Phi) is 7.01. The fourth-order valence-corrected chi connectivity index (χ4v) is 3.96. The maximum atomic E-state index is 12.5. The van der Waals surface area contributed by atoms with Gasteiger partial charge in [-0.15, -0.1) is 10.2 Å². The number of halogens is 1. The van der Waals surface area contributed by atoms with E-state index in [1.54, 1.807) is 18.9 Å². The minimum Gasteiger partial charge on any atom is -0.497 e. The van der Waals surface area contributed by atoms with Crippen LogP contribution >= 0.6 is 34.7 Å². The minimum absolute atomic E-state index is 0.0637. The maximum absolute atomic E-state index is 12.5. The van der Waals surface area contributed by atoms with Gasteiger partial charge in [-0.05, 0) is 23.4 Å². The summed E-state index contributed by atoms with van der Waals surface area (Å²) in [6.45, 7) is 2.51. The molecule has 2 heterocycles. The van der Waals surface area contributed by atoms with Gasteiger partial charge in [0, 0.05) is 6.54 Å². The maximum Gasteiger partial charge on any atom is 0.277 e. The number of ether oxygens (including phenoxy) is 1. The van der Waals surface area contributed by atoms with E-state index in [1.807, 2.05) is 31.2 Å². The number of nitrogens with one attached hydrogen (secondary N) is 2. The molecule has 0 saturated heterocycles. The highest BCUT2D eigenvalue weighted by Gasteiger charge is 2.16. The molecule has 146 valence electrons. The number of aromatic nitrogens is 4. The standard InChI is InChI=1S/C17H17ClN6O2S2/c1-3-27-17-24-23-16(28-17)22-14(25)13-12(18)9-20-15(21-13)19-8-10-4-6-11(26-2)7-5-10/h4-7,9H,3,8H2,1-2H3,(H,19,20,21)(H,22,23,25). The lowest BCUT2D eigenvalue weighted by molar-refractivity contribution is 0.102. The van der Waals surface area contributed by atoms with Gasteiger partial charge >= 0.3 is 0 Å². The second kappa shape index (κ2) is 9.67. The van der Waals surface area contributed by atoms with Crippen molar-refractivity contribution in [2.45, 2.75) is 17.8 Å². The van der Waals surface area contributed by atoms with Crippen LogP contribution in [0.2, 0.25) is 5.02 Å². The van der Waals surface area contributed by atoms with Crippen LogP contribution < -0.4 is 15.4 Å². The normalized spacial score (nSPS) is 10.5. The summed E-state index contributed by atoms with van der Waals surface area (Å²) in [5.74, 6) is 1.49. The first-order valence-corrected chi connectivity index (χ1v) is 10.4. The van der Waals surface area contributed by atoms with Crippen molar-refractivity contribution in [1.29, 1.82) is 0 Å². The monoisotopic (exact) mass is 436 g/mol. The average Bonchev–Trinajstić information content (AvgIpc) is 3.14. The van der Waals surface area contributed by atoms with Crippen LogP contribution in [-0.4, -0.2) is 38.9 Å². The van der Waals surface area contributed by atoms with E-state index in [4.69, 9.17) is 16.3 Å². The minimum atomic E-state index is -0.468. The molecule has 0 spiro atoms. The summed E-state index contributed by atoms with van der Waals surface area (Å²) in [6, 6.07) is 7.59. The van der Waals surface area contributed by atoms with Crippen LogP contribution in [-0.2, 0) is 6.54 Å². The highest BCUT2D eigenvalue weighted by atomic mass is 35.5. The lowest BCUT2D eigenvalue weighted by Crippen LogP contribution is -2.16. The lowest BCUT2D eigenvalue weighted by Gasteiger charge is -2.08. The van der Waals surface area contributed by atoms with Gasteiger partial charge in [0.1, 0.15) is 5.75 Å². The molecular formula is C17H17ClN6O2S2.